The van der Waals surface area contributed by atoms with Gasteiger partial charge in [-0.2, -0.15) is 0 Å². The quantitative estimate of drug-likeness (QED) is 0.434. The van der Waals surface area contributed by atoms with E-state index in [4.69, 9.17) is 4.98 Å². The molecule has 5 nitrogen and oxygen atoms in total. The highest BCUT2D eigenvalue weighted by molar-refractivity contribution is 5.92. The van der Waals surface area contributed by atoms with Gasteiger partial charge in [0.2, 0.25) is 5.91 Å². The third-order valence-corrected chi connectivity index (χ3v) is 5.24. The van der Waals surface area contributed by atoms with Crippen molar-refractivity contribution in [2.24, 2.45) is 0 Å². The van der Waals surface area contributed by atoms with Gasteiger partial charge in [-0.3, -0.25) is 4.79 Å². The number of carbonyl (C=O) groups excluding carboxylic acids is 1. The third kappa shape index (κ3) is 5.65. The maximum atomic E-state index is 12.6. The van der Waals surface area contributed by atoms with Crippen molar-refractivity contribution in [1.29, 1.82) is 0 Å². The van der Waals surface area contributed by atoms with Gasteiger partial charge in [-0.05, 0) is 29.5 Å². The molecule has 5 heteroatoms. The van der Waals surface area contributed by atoms with E-state index in [1.165, 1.54) is 5.56 Å². The van der Waals surface area contributed by atoms with Crippen LogP contribution >= 0.6 is 0 Å². The van der Waals surface area contributed by atoms with Gasteiger partial charge in [0.15, 0.2) is 5.82 Å². The van der Waals surface area contributed by atoms with Crippen molar-refractivity contribution in [3.05, 3.63) is 114 Å². The van der Waals surface area contributed by atoms with Crippen LogP contribution in [0.15, 0.2) is 91.1 Å². The fraction of sp³-hybridized carbons (Fsp3) is 0.148. The minimum atomic E-state index is -0.119. The van der Waals surface area contributed by atoms with Crippen LogP contribution in [0.5, 0.6) is 0 Å². The summed E-state index contributed by atoms with van der Waals surface area (Å²) in [4.78, 5) is 22.0. The number of benzene rings is 3. The third-order valence-electron chi connectivity index (χ3n) is 5.24. The molecule has 4 rings (SSSR count). The van der Waals surface area contributed by atoms with Crippen molar-refractivity contribution in [1.82, 2.24) is 9.97 Å². The molecule has 0 bridgehead atoms. The summed E-state index contributed by atoms with van der Waals surface area (Å²) in [5.74, 6) is 0.379. The van der Waals surface area contributed by atoms with E-state index in [2.05, 4.69) is 22.4 Å². The molecule has 0 atom stereocenters. The lowest BCUT2D eigenvalue weighted by Crippen LogP contribution is -2.17. The number of nitrogens with one attached hydrogen (secondary N) is 1. The molecule has 0 unspecified atom stereocenters. The molecule has 0 saturated carbocycles. The molecule has 0 spiro atoms. The lowest BCUT2D eigenvalue weighted by atomic mass is 10.1. The normalized spacial score (nSPS) is 10.7. The van der Waals surface area contributed by atoms with Crippen molar-refractivity contribution < 1.29 is 9.90 Å². The molecule has 0 aliphatic rings. The van der Waals surface area contributed by atoms with E-state index < -0.39 is 0 Å². The minimum absolute atomic E-state index is 0.000663. The zero-order chi connectivity index (χ0) is 22.2. The summed E-state index contributed by atoms with van der Waals surface area (Å²) in [5, 5.41) is 12.2. The monoisotopic (exact) mass is 423 g/mol. The Hall–Kier alpha value is -3.83. The number of hydrogen-bond acceptors (Lipinski definition) is 4. The van der Waals surface area contributed by atoms with Crippen LogP contribution in [0.1, 0.15) is 22.4 Å². The lowest BCUT2D eigenvalue weighted by molar-refractivity contribution is -0.115. The lowest BCUT2D eigenvalue weighted by Gasteiger charge is -2.12. The second kappa shape index (κ2) is 10.5. The molecule has 4 aromatic rings. The van der Waals surface area contributed by atoms with Gasteiger partial charge in [-0.25, -0.2) is 9.97 Å². The second-order valence-corrected chi connectivity index (χ2v) is 7.60. The van der Waals surface area contributed by atoms with Crippen LogP contribution in [0.3, 0.4) is 0 Å². The first-order chi connectivity index (χ1) is 15.7. The Labute approximate surface area is 187 Å². The van der Waals surface area contributed by atoms with Gasteiger partial charge in [0.25, 0.3) is 0 Å². The zero-order valence-corrected chi connectivity index (χ0v) is 17.7. The number of aryl methyl sites for hydroxylation is 2. The number of carbonyl (C=O) groups is 1. The number of rotatable bonds is 8. The summed E-state index contributed by atoms with van der Waals surface area (Å²) in [6.45, 7) is 0.000663. The topological polar surface area (TPSA) is 75.1 Å². The molecule has 0 radical (unpaired) electrons. The number of aliphatic hydroxyl groups is 1. The smallest absolute Gasteiger partial charge is 0.229 e. The summed E-state index contributed by atoms with van der Waals surface area (Å²) in [7, 11) is 0. The number of anilines is 1. The molecule has 2 N–H and O–H groups in total. The van der Waals surface area contributed by atoms with Gasteiger partial charge in [0, 0.05) is 5.56 Å². The SMILES string of the molecule is O=C(Cc1ccccc1)Nc1ncc(-c2ccc(CO)cc2)nc1CCc1ccccc1. The first kappa shape index (κ1) is 21.4. The number of nitrogens with zero attached hydrogens (tertiary/aromatic N) is 2. The molecule has 1 aromatic heterocycles. The number of hydrogen-bond donors (Lipinski definition) is 2. The van der Waals surface area contributed by atoms with Gasteiger partial charge in [-0.1, -0.05) is 84.9 Å². The maximum absolute atomic E-state index is 12.6. The Balaban J connectivity index is 1.57. The fourth-order valence-corrected chi connectivity index (χ4v) is 3.49. The van der Waals surface area contributed by atoms with E-state index in [0.717, 1.165) is 34.5 Å². The molecule has 0 aliphatic heterocycles. The molecular formula is C27H25N3O2. The molecule has 0 fully saturated rings. The molecule has 0 saturated heterocycles. The fourth-order valence-electron chi connectivity index (χ4n) is 3.49. The average Bonchev–Trinajstić information content (AvgIpc) is 2.84. The predicted octanol–water partition coefficient (Wildman–Crippen LogP) is 4.60. The van der Waals surface area contributed by atoms with Crippen molar-refractivity contribution in [3.63, 3.8) is 0 Å². The molecule has 0 aliphatic carbocycles. The van der Waals surface area contributed by atoms with Crippen molar-refractivity contribution in [2.45, 2.75) is 25.9 Å². The van der Waals surface area contributed by atoms with Crippen molar-refractivity contribution >= 4 is 11.7 Å². The summed E-state index contributed by atoms with van der Waals surface area (Å²) in [6.07, 6.45) is 3.41. The van der Waals surface area contributed by atoms with E-state index in [9.17, 15) is 9.90 Å². The summed E-state index contributed by atoms with van der Waals surface area (Å²) in [5.41, 5.74) is 5.39. The molecule has 1 heterocycles. The minimum Gasteiger partial charge on any atom is -0.392 e. The number of aliphatic hydroxyl groups excluding tert-OH is 1. The average molecular weight is 424 g/mol. The summed E-state index contributed by atoms with van der Waals surface area (Å²) in [6, 6.07) is 27.4. The molecular weight excluding hydrogens is 398 g/mol. The number of amides is 1. The van der Waals surface area contributed by atoms with Crippen LogP contribution in [0.4, 0.5) is 5.82 Å². The Bertz CT molecular complexity index is 1160. The standard InChI is InChI=1S/C27H25N3O2/c31-19-22-11-14-23(15-12-22)25-18-28-27(30-26(32)17-21-9-5-2-6-10-21)24(29-25)16-13-20-7-3-1-4-8-20/h1-12,14-15,18,31H,13,16-17,19H2,(H,28,30,32). The highest BCUT2D eigenvalue weighted by atomic mass is 16.3. The Morgan fingerprint density at radius 3 is 2.09 bits per heavy atom. The number of aromatic nitrogens is 2. The van der Waals surface area contributed by atoms with Crippen molar-refractivity contribution in [3.8, 4) is 11.3 Å². The molecule has 1 amide bonds. The maximum Gasteiger partial charge on any atom is 0.229 e. The van der Waals surface area contributed by atoms with E-state index in [-0.39, 0.29) is 18.9 Å². The van der Waals surface area contributed by atoms with E-state index in [1.54, 1.807) is 6.20 Å². The largest absolute Gasteiger partial charge is 0.392 e. The highest BCUT2D eigenvalue weighted by Gasteiger charge is 2.13. The van der Waals surface area contributed by atoms with E-state index in [0.29, 0.717) is 12.2 Å². The van der Waals surface area contributed by atoms with Gasteiger partial charge in [0.05, 0.1) is 30.6 Å². The van der Waals surface area contributed by atoms with Gasteiger partial charge in [0.1, 0.15) is 0 Å². The van der Waals surface area contributed by atoms with Gasteiger partial charge >= 0.3 is 0 Å². The summed E-state index contributed by atoms with van der Waals surface area (Å²) >= 11 is 0. The first-order valence-corrected chi connectivity index (χ1v) is 10.6. The van der Waals surface area contributed by atoms with E-state index in [1.807, 2.05) is 72.8 Å². The van der Waals surface area contributed by atoms with Crippen LogP contribution < -0.4 is 5.32 Å². The van der Waals surface area contributed by atoms with Crippen molar-refractivity contribution in [2.75, 3.05) is 5.32 Å². The van der Waals surface area contributed by atoms with E-state index >= 15 is 0 Å². The zero-order valence-electron chi connectivity index (χ0n) is 17.7. The van der Waals surface area contributed by atoms with Gasteiger partial charge < -0.3 is 10.4 Å². The molecule has 160 valence electrons. The summed E-state index contributed by atoms with van der Waals surface area (Å²) < 4.78 is 0. The molecule has 32 heavy (non-hydrogen) atoms. The van der Waals surface area contributed by atoms with Gasteiger partial charge in [-0.15, -0.1) is 0 Å². The van der Waals surface area contributed by atoms with Crippen LogP contribution in [0, 0.1) is 0 Å². The Morgan fingerprint density at radius 2 is 1.44 bits per heavy atom. The van der Waals surface area contributed by atoms with Crippen LogP contribution in [0.2, 0.25) is 0 Å². The predicted molar refractivity (Wildman–Crippen MR) is 126 cm³/mol. The Kier molecular flexibility index (Phi) is 7.00. The highest BCUT2D eigenvalue weighted by Crippen LogP contribution is 2.22. The Morgan fingerprint density at radius 1 is 0.781 bits per heavy atom. The molecule has 3 aromatic carbocycles. The first-order valence-electron chi connectivity index (χ1n) is 10.6. The van der Waals surface area contributed by atoms with Crippen LogP contribution in [-0.4, -0.2) is 21.0 Å². The second-order valence-electron chi connectivity index (χ2n) is 7.60. The van der Waals surface area contributed by atoms with Crippen LogP contribution in [-0.2, 0) is 30.7 Å². The van der Waals surface area contributed by atoms with Crippen LogP contribution in [0.25, 0.3) is 11.3 Å².